The Balaban J connectivity index is 2.03. The number of hydrogen-bond acceptors (Lipinski definition) is 2. The van der Waals surface area contributed by atoms with Crippen molar-refractivity contribution >= 4 is 0 Å². The molecule has 1 heterocycles. The lowest BCUT2D eigenvalue weighted by Gasteiger charge is -2.12. The third-order valence-corrected chi connectivity index (χ3v) is 3.54. The molecule has 1 aromatic carbocycles. The molecular weight excluding hydrogens is 238 g/mol. The number of rotatable bonds is 4. The molecule has 1 atom stereocenters. The fourth-order valence-electron chi connectivity index (χ4n) is 2.82. The van der Waals surface area contributed by atoms with Crippen LogP contribution >= 0.6 is 0 Å². The van der Waals surface area contributed by atoms with Gasteiger partial charge in [-0.05, 0) is 43.2 Å². The molecule has 0 amide bonds. The van der Waals surface area contributed by atoms with Gasteiger partial charge in [-0.25, -0.2) is 0 Å². The highest BCUT2D eigenvalue weighted by Gasteiger charge is 2.23. The van der Waals surface area contributed by atoms with E-state index < -0.39 is 0 Å². The molecule has 0 fully saturated rings. The molecule has 1 N–H and O–H groups in total. The summed E-state index contributed by atoms with van der Waals surface area (Å²) in [5.41, 5.74) is 5.15. The van der Waals surface area contributed by atoms with Crippen molar-refractivity contribution in [1.82, 2.24) is 4.57 Å². The fourth-order valence-corrected chi connectivity index (χ4v) is 2.82. The average molecular weight is 257 g/mol. The van der Waals surface area contributed by atoms with Gasteiger partial charge in [-0.15, -0.1) is 0 Å². The first-order chi connectivity index (χ1) is 9.19. The van der Waals surface area contributed by atoms with Crippen molar-refractivity contribution in [2.24, 2.45) is 0 Å². The Hall–Kier alpha value is -1.74. The van der Waals surface area contributed by atoms with E-state index >= 15 is 0 Å². The second kappa shape index (κ2) is 4.74. The van der Waals surface area contributed by atoms with E-state index in [4.69, 9.17) is 4.74 Å². The molecule has 0 radical (unpaired) electrons. The molecule has 19 heavy (non-hydrogen) atoms. The SMILES string of the molecule is CCOc1ccc2c(c1)-c1c(ccn1C[C@@H](C)O)C2. The maximum absolute atomic E-state index is 9.60. The zero-order chi connectivity index (χ0) is 13.4. The van der Waals surface area contributed by atoms with Crippen LogP contribution in [0.1, 0.15) is 25.0 Å². The van der Waals surface area contributed by atoms with Crippen molar-refractivity contribution in [3.05, 3.63) is 41.6 Å². The van der Waals surface area contributed by atoms with Crippen LogP contribution in [0.5, 0.6) is 5.75 Å². The molecular formula is C16H19NO2. The predicted octanol–water partition coefficient (Wildman–Crippen LogP) is 2.84. The average Bonchev–Trinajstić information content (AvgIpc) is 2.89. The Morgan fingerprint density at radius 2 is 2.16 bits per heavy atom. The van der Waals surface area contributed by atoms with Gasteiger partial charge in [0.25, 0.3) is 0 Å². The third-order valence-electron chi connectivity index (χ3n) is 3.54. The lowest BCUT2D eigenvalue weighted by Crippen LogP contribution is -2.11. The molecule has 1 aliphatic carbocycles. The molecule has 3 heteroatoms. The van der Waals surface area contributed by atoms with Crippen LogP contribution in [0.4, 0.5) is 0 Å². The summed E-state index contributed by atoms with van der Waals surface area (Å²) in [6.07, 6.45) is 2.70. The van der Waals surface area contributed by atoms with Gasteiger partial charge in [0.05, 0.1) is 18.4 Å². The van der Waals surface area contributed by atoms with Crippen molar-refractivity contribution in [3.63, 3.8) is 0 Å². The standard InChI is InChI=1S/C16H19NO2/c1-3-19-14-5-4-12-8-13-6-7-17(10-11(2)18)16(13)15(12)9-14/h4-7,9,11,18H,3,8,10H2,1-2H3/t11-/m1/s1. The number of hydrogen-bond donors (Lipinski definition) is 1. The molecule has 0 saturated carbocycles. The minimum Gasteiger partial charge on any atom is -0.494 e. The summed E-state index contributed by atoms with van der Waals surface area (Å²) in [6.45, 7) is 5.13. The summed E-state index contributed by atoms with van der Waals surface area (Å²) in [5, 5.41) is 9.60. The normalized spacial score (nSPS) is 14.1. The summed E-state index contributed by atoms with van der Waals surface area (Å²) < 4.78 is 7.73. The topological polar surface area (TPSA) is 34.4 Å². The van der Waals surface area contributed by atoms with E-state index in [-0.39, 0.29) is 6.10 Å². The summed E-state index contributed by atoms with van der Waals surface area (Å²) in [7, 11) is 0. The summed E-state index contributed by atoms with van der Waals surface area (Å²) in [4.78, 5) is 0. The van der Waals surface area contributed by atoms with Gasteiger partial charge < -0.3 is 14.4 Å². The van der Waals surface area contributed by atoms with E-state index in [0.717, 1.165) is 12.2 Å². The number of ether oxygens (including phenoxy) is 1. The van der Waals surface area contributed by atoms with E-state index in [1.165, 1.54) is 22.4 Å². The zero-order valence-electron chi connectivity index (χ0n) is 11.4. The number of aromatic nitrogens is 1. The summed E-state index contributed by atoms with van der Waals surface area (Å²) >= 11 is 0. The first-order valence-electron chi connectivity index (χ1n) is 6.81. The fraction of sp³-hybridized carbons (Fsp3) is 0.375. The first-order valence-corrected chi connectivity index (χ1v) is 6.81. The quantitative estimate of drug-likeness (QED) is 0.780. The van der Waals surface area contributed by atoms with Crippen molar-refractivity contribution in [2.75, 3.05) is 6.61 Å². The predicted molar refractivity (Wildman–Crippen MR) is 75.5 cm³/mol. The van der Waals surface area contributed by atoms with Gasteiger partial charge in [-0.2, -0.15) is 0 Å². The van der Waals surface area contributed by atoms with Crippen molar-refractivity contribution in [2.45, 2.75) is 32.9 Å². The number of benzene rings is 1. The minimum absolute atomic E-state index is 0.337. The molecule has 0 bridgehead atoms. The molecule has 1 aromatic heterocycles. The third kappa shape index (κ3) is 2.15. The van der Waals surface area contributed by atoms with Crippen LogP contribution in [0.25, 0.3) is 11.3 Å². The number of aliphatic hydroxyl groups excluding tert-OH is 1. The van der Waals surface area contributed by atoms with E-state index in [1.54, 1.807) is 0 Å². The minimum atomic E-state index is -0.337. The second-order valence-electron chi connectivity index (χ2n) is 5.12. The van der Waals surface area contributed by atoms with Gasteiger partial charge in [0.15, 0.2) is 0 Å². The molecule has 0 spiro atoms. The number of fused-ring (bicyclic) bond motifs is 3. The molecule has 3 rings (SSSR count). The van der Waals surface area contributed by atoms with Crippen LogP contribution < -0.4 is 4.74 Å². The van der Waals surface area contributed by atoms with E-state index in [1.807, 2.05) is 19.9 Å². The summed E-state index contributed by atoms with van der Waals surface area (Å²) in [6, 6.07) is 8.45. The smallest absolute Gasteiger partial charge is 0.119 e. The molecule has 0 aliphatic heterocycles. The monoisotopic (exact) mass is 257 g/mol. The lowest BCUT2D eigenvalue weighted by molar-refractivity contribution is 0.174. The van der Waals surface area contributed by atoms with Gasteiger partial charge in [0.1, 0.15) is 5.75 Å². The van der Waals surface area contributed by atoms with E-state index in [2.05, 4.69) is 29.0 Å². The Kier molecular flexibility index (Phi) is 3.07. The first kappa shape index (κ1) is 12.3. The van der Waals surface area contributed by atoms with Gasteiger partial charge in [-0.1, -0.05) is 6.07 Å². The Morgan fingerprint density at radius 1 is 1.32 bits per heavy atom. The maximum Gasteiger partial charge on any atom is 0.119 e. The van der Waals surface area contributed by atoms with Gasteiger partial charge in [-0.3, -0.25) is 0 Å². The van der Waals surface area contributed by atoms with Crippen LogP contribution in [0.2, 0.25) is 0 Å². The molecule has 1 aliphatic rings. The Labute approximate surface area is 113 Å². The van der Waals surface area contributed by atoms with E-state index in [0.29, 0.717) is 13.2 Å². The zero-order valence-corrected chi connectivity index (χ0v) is 11.4. The number of nitrogens with zero attached hydrogens (tertiary/aromatic N) is 1. The highest BCUT2D eigenvalue weighted by molar-refractivity contribution is 5.75. The van der Waals surface area contributed by atoms with Gasteiger partial charge >= 0.3 is 0 Å². The molecule has 0 saturated heterocycles. The lowest BCUT2D eigenvalue weighted by atomic mass is 10.1. The highest BCUT2D eigenvalue weighted by atomic mass is 16.5. The van der Waals surface area contributed by atoms with Gasteiger partial charge in [0.2, 0.25) is 0 Å². The highest BCUT2D eigenvalue weighted by Crippen LogP contribution is 2.39. The Bertz CT molecular complexity index is 599. The van der Waals surface area contributed by atoms with Gasteiger partial charge in [0, 0.05) is 24.7 Å². The summed E-state index contributed by atoms with van der Waals surface area (Å²) in [5.74, 6) is 0.916. The van der Waals surface area contributed by atoms with Crippen LogP contribution in [0.15, 0.2) is 30.5 Å². The van der Waals surface area contributed by atoms with Crippen LogP contribution in [-0.4, -0.2) is 22.4 Å². The van der Waals surface area contributed by atoms with Crippen molar-refractivity contribution in [3.8, 4) is 17.0 Å². The van der Waals surface area contributed by atoms with Crippen LogP contribution in [0, 0.1) is 0 Å². The van der Waals surface area contributed by atoms with Crippen LogP contribution in [-0.2, 0) is 13.0 Å². The largest absolute Gasteiger partial charge is 0.494 e. The number of aliphatic hydroxyl groups is 1. The maximum atomic E-state index is 9.60. The van der Waals surface area contributed by atoms with E-state index in [9.17, 15) is 5.11 Å². The second-order valence-corrected chi connectivity index (χ2v) is 5.12. The Morgan fingerprint density at radius 3 is 2.89 bits per heavy atom. The molecule has 0 unspecified atom stereocenters. The van der Waals surface area contributed by atoms with Crippen LogP contribution in [0.3, 0.4) is 0 Å². The molecule has 2 aromatic rings. The van der Waals surface area contributed by atoms with Crippen molar-refractivity contribution < 1.29 is 9.84 Å². The van der Waals surface area contributed by atoms with Crippen molar-refractivity contribution in [1.29, 1.82) is 0 Å². The molecule has 3 nitrogen and oxygen atoms in total. The molecule has 100 valence electrons.